The zero-order chi connectivity index (χ0) is 46.3. The molecular formula is C44H50F5N13O4. The van der Waals surface area contributed by atoms with Crippen molar-refractivity contribution in [2.75, 3.05) is 82.2 Å². The number of carbonyl (C=O) groups excluding carboxylic acids is 3. The maximum atomic E-state index is 14.3. The second-order valence-corrected chi connectivity index (χ2v) is 17.6. The van der Waals surface area contributed by atoms with Gasteiger partial charge in [0, 0.05) is 84.8 Å². The Hall–Kier alpha value is -6.18. The number of carbonyl (C=O) groups is 3. The van der Waals surface area contributed by atoms with Crippen LogP contribution in [0.15, 0.2) is 47.7 Å². The maximum Gasteiger partial charge on any atom is 0.401 e. The number of para-hydroxylation sites is 1. The molecule has 17 nitrogen and oxygen atoms in total. The number of aryl methyl sites for hydroxylation is 1. The number of nitrogens with one attached hydrogen (secondary N) is 2. The van der Waals surface area contributed by atoms with Crippen LogP contribution in [-0.4, -0.2) is 144 Å². The highest BCUT2D eigenvalue weighted by Crippen LogP contribution is 2.36. The van der Waals surface area contributed by atoms with E-state index in [1.807, 2.05) is 17.0 Å². The molecule has 5 aromatic rings. The van der Waals surface area contributed by atoms with E-state index in [9.17, 15) is 41.1 Å². The summed E-state index contributed by atoms with van der Waals surface area (Å²) in [5.74, 6) is 5.92. The number of alkyl halides is 5. The summed E-state index contributed by atoms with van der Waals surface area (Å²) in [6.45, 7) is 4.95. The van der Waals surface area contributed by atoms with E-state index in [0.717, 1.165) is 58.4 Å². The molecule has 350 valence electrons. The van der Waals surface area contributed by atoms with Crippen molar-refractivity contribution in [2.45, 2.75) is 63.2 Å². The predicted molar refractivity (Wildman–Crippen MR) is 232 cm³/mol. The molecule has 2 N–H and O–H groups in total. The number of anilines is 2. The van der Waals surface area contributed by atoms with Gasteiger partial charge in [-0.15, -0.1) is 0 Å². The van der Waals surface area contributed by atoms with Crippen molar-refractivity contribution >= 4 is 45.9 Å². The fourth-order valence-corrected chi connectivity index (χ4v) is 9.73. The van der Waals surface area contributed by atoms with Gasteiger partial charge in [-0.1, -0.05) is 17.9 Å². The Morgan fingerprint density at radius 2 is 1.67 bits per heavy atom. The van der Waals surface area contributed by atoms with Crippen LogP contribution in [0.3, 0.4) is 0 Å². The zero-order valence-electron chi connectivity index (χ0n) is 36.3. The number of benzene rings is 1. The van der Waals surface area contributed by atoms with Gasteiger partial charge in [0.2, 0.25) is 11.8 Å². The Labute approximate surface area is 375 Å². The minimum absolute atomic E-state index is 0.0539. The molecule has 1 unspecified atom stereocenters. The van der Waals surface area contributed by atoms with Crippen LogP contribution in [0.4, 0.5) is 33.5 Å². The van der Waals surface area contributed by atoms with Crippen LogP contribution in [-0.2, 0) is 16.6 Å². The highest BCUT2D eigenvalue weighted by Gasteiger charge is 2.34. The second-order valence-electron chi connectivity index (χ2n) is 17.6. The Bertz CT molecular complexity index is 2740. The summed E-state index contributed by atoms with van der Waals surface area (Å²) in [7, 11) is 1.66. The van der Waals surface area contributed by atoms with Gasteiger partial charge in [-0.25, -0.2) is 23.1 Å². The van der Waals surface area contributed by atoms with Crippen LogP contribution in [0.5, 0.6) is 0 Å². The van der Waals surface area contributed by atoms with Crippen LogP contribution >= 0.6 is 0 Å². The Morgan fingerprint density at radius 1 is 0.939 bits per heavy atom. The van der Waals surface area contributed by atoms with Crippen LogP contribution in [0.2, 0.25) is 0 Å². The average Bonchev–Trinajstić information content (AvgIpc) is 3.98. The molecule has 4 fully saturated rings. The molecule has 0 spiro atoms. The highest BCUT2D eigenvalue weighted by atomic mass is 19.4. The summed E-state index contributed by atoms with van der Waals surface area (Å²) >= 11 is 0. The quantitative estimate of drug-likeness (QED) is 0.119. The van der Waals surface area contributed by atoms with Crippen molar-refractivity contribution in [3.8, 4) is 11.8 Å². The van der Waals surface area contributed by atoms with E-state index in [1.165, 1.54) is 30.9 Å². The number of fused-ring (bicyclic) bond motifs is 2. The third kappa shape index (κ3) is 9.55. The number of imide groups is 1. The van der Waals surface area contributed by atoms with E-state index in [1.54, 1.807) is 30.1 Å². The van der Waals surface area contributed by atoms with E-state index in [-0.39, 0.29) is 60.5 Å². The zero-order valence-corrected chi connectivity index (χ0v) is 36.3. The highest BCUT2D eigenvalue weighted by molar-refractivity contribution is 6.08. The summed E-state index contributed by atoms with van der Waals surface area (Å²) < 4.78 is 73.2. The van der Waals surface area contributed by atoms with E-state index < -0.39 is 42.7 Å². The number of halogens is 5. The fraction of sp³-hybridized carbons (Fsp3) is 0.523. The SMILES string of the molecule is Cn1c(=O)n(C2CCC(=O)NC2=O)c2cccc(C#CCN3CCN(C[C@H]4CC[C@H](n5cc(NC(=O)c6cnn7ccc(N8CCN(CC(F)(F)F)CC8)nc67)c(C(F)F)n5)CC4)CC3)c21. The molecular weight excluding hydrogens is 870 g/mol. The first-order chi connectivity index (χ1) is 31.7. The monoisotopic (exact) mass is 919 g/mol. The van der Waals surface area contributed by atoms with Gasteiger partial charge in [0.25, 0.3) is 12.3 Å². The van der Waals surface area contributed by atoms with Gasteiger partial charge in [0.1, 0.15) is 17.4 Å². The van der Waals surface area contributed by atoms with Crippen molar-refractivity contribution in [1.29, 1.82) is 0 Å². The normalized spacial score (nSPS) is 21.7. The predicted octanol–water partition coefficient (Wildman–Crippen LogP) is 3.83. The Balaban J connectivity index is 0.760. The lowest BCUT2D eigenvalue weighted by molar-refractivity contribution is -0.146. The first-order valence-corrected chi connectivity index (χ1v) is 22.2. The van der Waals surface area contributed by atoms with Crippen molar-refractivity contribution in [3.05, 3.63) is 70.2 Å². The molecule has 1 aromatic carbocycles. The van der Waals surface area contributed by atoms with Gasteiger partial charge in [0.05, 0.1) is 47.6 Å². The van der Waals surface area contributed by atoms with Crippen LogP contribution < -0.4 is 21.2 Å². The summed E-state index contributed by atoms with van der Waals surface area (Å²) in [6, 6.07) is 6.26. The molecule has 22 heteroatoms. The number of hydrogen-bond donors (Lipinski definition) is 2. The molecule has 9 rings (SSSR count). The molecule has 3 amide bonds. The molecule has 0 bridgehead atoms. The Kier molecular flexibility index (Phi) is 12.7. The largest absolute Gasteiger partial charge is 0.401 e. The van der Waals surface area contributed by atoms with Crippen molar-refractivity contribution < 1.29 is 36.3 Å². The number of hydrogen-bond acceptors (Lipinski definition) is 11. The first-order valence-electron chi connectivity index (χ1n) is 22.2. The van der Waals surface area contributed by atoms with Crippen LogP contribution in [0, 0.1) is 17.8 Å². The molecule has 4 aliphatic rings. The van der Waals surface area contributed by atoms with Crippen molar-refractivity contribution in [2.24, 2.45) is 13.0 Å². The summed E-state index contributed by atoms with van der Waals surface area (Å²) in [5.41, 5.74) is 1.21. The van der Waals surface area contributed by atoms with Crippen molar-refractivity contribution in [3.63, 3.8) is 0 Å². The van der Waals surface area contributed by atoms with E-state index in [4.69, 9.17) is 0 Å². The number of nitrogens with zero attached hydrogens (tertiary/aromatic N) is 11. The van der Waals surface area contributed by atoms with Gasteiger partial charge in [0.15, 0.2) is 11.3 Å². The van der Waals surface area contributed by atoms with Gasteiger partial charge in [-0.2, -0.15) is 23.4 Å². The fourth-order valence-electron chi connectivity index (χ4n) is 9.73. The maximum absolute atomic E-state index is 14.3. The number of imidazole rings is 1. The minimum Gasteiger partial charge on any atom is -0.354 e. The van der Waals surface area contributed by atoms with Crippen LogP contribution in [0.25, 0.3) is 16.7 Å². The third-order valence-corrected chi connectivity index (χ3v) is 13.2. The number of piperazine rings is 2. The average molecular weight is 920 g/mol. The molecule has 7 heterocycles. The number of aromatic nitrogens is 7. The molecule has 3 saturated heterocycles. The smallest absolute Gasteiger partial charge is 0.354 e. The molecule has 0 radical (unpaired) electrons. The minimum atomic E-state index is -4.29. The van der Waals surface area contributed by atoms with Gasteiger partial charge in [-0.3, -0.25) is 43.3 Å². The van der Waals surface area contributed by atoms with Gasteiger partial charge >= 0.3 is 11.9 Å². The lowest BCUT2D eigenvalue weighted by atomic mass is 9.85. The van der Waals surface area contributed by atoms with Gasteiger partial charge in [-0.05, 0) is 56.2 Å². The Morgan fingerprint density at radius 3 is 2.38 bits per heavy atom. The standard InChI is InChI=1S/C44H50F5N13O4/c1-55-38-29(4-2-6-33(38)62(43(55)66)34-11-12-36(63)53-42(34)65)5-3-14-56-16-18-57(19-17-56)25-28-7-9-30(10-8-28)61-26-32(37(54-61)39(45)46)51-41(64)31-24-50-60-15-13-35(52-40(31)60)59-22-20-58(21-23-59)27-44(47,48)49/h2,4,6,13,15,24,26,28,30,34,39H,7-12,14,16-23,25,27H2,1H3,(H,51,64)(H,53,63,65)/t28-,30-,34?. The van der Waals surface area contributed by atoms with Gasteiger partial charge < -0.3 is 15.1 Å². The number of amides is 3. The summed E-state index contributed by atoms with van der Waals surface area (Å²) in [4.78, 5) is 63.7. The topological polar surface area (TPSA) is 163 Å². The second kappa shape index (κ2) is 18.6. The molecule has 1 aliphatic carbocycles. The number of rotatable bonds is 10. The van der Waals surface area contributed by atoms with E-state index in [0.29, 0.717) is 48.0 Å². The van der Waals surface area contributed by atoms with Crippen LogP contribution in [0.1, 0.15) is 78.6 Å². The van der Waals surface area contributed by atoms with Crippen molar-refractivity contribution in [1.82, 2.24) is 53.5 Å². The molecule has 4 aromatic heterocycles. The molecule has 1 atom stereocenters. The summed E-state index contributed by atoms with van der Waals surface area (Å²) in [6.07, 6.45) is 0.856. The summed E-state index contributed by atoms with van der Waals surface area (Å²) in [5, 5.41) is 13.4. The number of piperidine rings is 1. The lowest BCUT2D eigenvalue weighted by Gasteiger charge is -2.37. The van der Waals surface area contributed by atoms with E-state index >= 15 is 0 Å². The van der Waals surface area contributed by atoms with E-state index in [2.05, 4.69) is 47.5 Å². The first kappa shape index (κ1) is 45.0. The molecule has 1 saturated carbocycles. The molecule has 3 aliphatic heterocycles. The molecule has 66 heavy (non-hydrogen) atoms. The third-order valence-electron chi connectivity index (χ3n) is 13.2. The lowest BCUT2D eigenvalue weighted by Crippen LogP contribution is -2.49.